The number of phenolic OH excluding ortho intramolecular Hbond substituents is 2. The molecule has 0 bridgehead atoms. The average Bonchev–Trinajstić information content (AvgIpc) is 2.74. The van der Waals surface area contributed by atoms with E-state index >= 15 is 0 Å². The summed E-state index contributed by atoms with van der Waals surface area (Å²) in [6, 6.07) is 8.71. The minimum atomic E-state index is -1.77. The van der Waals surface area contributed by atoms with Gasteiger partial charge in [0.2, 0.25) is 0 Å². The van der Waals surface area contributed by atoms with Crippen molar-refractivity contribution in [2.45, 2.75) is 43.8 Å². The largest absolute Gasteiger partial charge is 0.508 e. The molecule has 176 valence electrons. The number of carbonyl (C=O) groups is 3. The third kappa shape index (κ3) is 5.33. The SMILES string of the molecule is Cc1cccc(O)c1C(=O)OC1C(OC(N)=O)CC(NC(=O)c2cccc(O)c2)C(O)C1O. The van der Waals surface area contributed by atoms with Crippen molar-refractivity contribution >= 4 is 18.0 Å². The normalized spacial score (nSPS) is 24.5. The topological polar surface area (TPSA) is 189 Å². The summed E-state index contributed by atoms with van der Waals surface area (Å²) in [7, 11) is 0. The Balaban J connectivity index is 1.81. The molecule has 0 radical (unpaired) electrons. The van der Waals surface area contributed by atoms with E-state index in [0.29, 0.717) is 5.56 Å². The van der Waals surface area contributed by atoms with Gasteiger partial charge in [-0.2, -0.15) is 0 Å². The van der Waals surface area contributed by atoms with Gasteiger partial charge in [0.05, 0.1) is 6.04 Å². The highest BCUT2D eigenvalue weighted by molar-refractivity contribution is 5.95. The molecule has 5 atom stereocenters. The monoisotopic (exact) mass is 460 g/mol. The Morgan fingerprint density at radius 1 is 1.03 bits per heavy atom. The fraction of sp³-hybridized carbons (Fsp3) is 0.318. The lowest BCUT2D eigenvalue weighted by Gasteiger charge is -2.41. The van der Waals surface area contributed by atoms with Crippen LogP contribution < -0.4 is 11.1 Å². The highest BCUT2D eigenvalue weighted by atomic mass is 16.6. The average molecular weight is 460 g/mol. The van der Waals surface area contributed by atoms with E-state index in [4.69, 9.17) is 15.2 Å². The fourth-order valence-corrected chi connectivity index (χ4v) is 3.73. The van der Waals surface area contributed by atoms with Crippen molar-refractivity contribution in [2.75, 3.05) is 0 Å². The predicted molar refractivity (Wildman–Crippen MR) is 112 cm³/mol. The number of hydrogen-bond donors (Lipinski definition) is 6. The van der Waals surface area contributed by atoms with E-state index in [1.807, 2.05) is 0 Å². The summed E-state index contributed by atoms with van der Waals surface area (Å²) in [6.07, 6.45) is -7.70. The molecule has 1 fully saturated rings. The zero-order valence-corrected chi connectivity index (χ0v) is 17.5. The van der Waals surface area contributed by atoms with Gasteiger partial charge in [-0.3, -0.25) is 4.79 Å². The molecule has 2 amide bonds. The van der Waals surface area contributed by atoms with Crippen LogP contribution >= 0.6 is 0 Å². The van der Waals surface area contributed by atoms with Crippen LogP contribution in [0.1, 0.15) is 32.7 Å². The molecule has 11 heteroatoms. The first kappa shape index (κ1) is 23.8. The first-order valence-corrected chi connectivity index (χ1v) is 10.00. The second-order valence-electron chi connectivity index (χ2n) is 7.66. The minimum absolute atomic E-state index is 0.0904. The van der Waals surface area contributed by atoms with E-state index in [2.05, 4.69) is 5.32 Å². The number of benzene rings is 2. The second-order valence-corrected chi connectivity index (χ2v) is 7.66. The Kier molecular flexibility index (Phi) is 7.04. The number of aliphatic hydroxyl groups excluding tert-OH is 2. The molecule has 1 aliphatic carbocycles. The van der Waals surface area contributed by atoms with Crippen molar-refractivity contribution in [3.63, 3.8) is 0 Å². The molecule has 3 rings (SSSR count). The van der Waals surface area contributed by atoms with Crippen LogP contribution in [0.3, 0.4) is 0 Å². The lowest BCUT2D eigenvalue weighted by molar-refractivity contribution is -0.148. The number of esters is 1. The Morgan fingerprint density at radius 3 is 2.36 bits per heavy atom. The number of hydrogen-bond acceptors (Lipinski definition) is 9. The smallest absolute Gasteiger partial charge is 0.404 e. The Bertz CT molecular complexity index is 1040. The van der Waals surface area contributed by atoms with Gasteiger partial charge in [0.1, 0.15) is 35.4 Å². The Morgan fingerprint density at radius 2 is 1.73 bits per heavy atom. The van der Waals surface area contributed by atoms with Crippen molar-refractivity contribution in [1.82, 2.24) is 5.32 Å². The van der Waals surface area contributed by atoms with Gasteiger partial charge in [-0.05, 0) is 36.8 Å². The molecule has 1 aliphatic rings. The molecule has 2 aromatic rings. The van der Waals surface area contributed by atoms with Gasteiger partial charge in [0.15, 0.2) is 6.10 Å². The summed E-state index contributed by atoms with van der Waals surface area (Å²) < 4.78 is 10.3. The number of aliphatic hydroxyl groups is 2. The van der Waals surface area contributed by atoms with Gasteiger partial charge in [0, 0.05) is 12.0 Å². The molecule has 2 aromatic carbocycles. The van der Waals surface area contributed by atoms with E-state index in [1.165, 1.54) is 36.4 Å². The number of nitrogens with one attached hydrogen (secondary N) is 1. The van der Waals surface area contributed by atoms with Crippen molar-refractivity contribution in [3.8, 4) is 11.5 Å². The van der Waals surface area contributed by atoms with Crippen LogP contribution in [0.25, 0.3) is 0 Å². The van der Waals surface area contributed by atoms with Crippen LogP contribution in [0, 0.1) is 6.92 Å². The third-order valence-electron chi connectivity index (χ3n) is 5.34. The van der Waals surface area contributed by atoms with Crippen molar-refractivity contribution < 1.29 is 44.3 Å². The zero-order valence-electron chi connectivity index (χ0n) is 17.5. The number of ether oxygens (including phenoxy) is 2. The van der Waals surface area contributed by atoms with Crippen LogP contribution in [-0.4, -0.2) is 68.9 Å². The second kappa shape index (κ2) is 9.76. The quantitative estimate of drug-likeness (QED) is 0.341. The summed E-state index contributed by atoms with van der Waals surface area (Å²) in [5, 5.41) is 43.3. The highest BCUT2D eigenvalue weighted by Crippen LogP contribution is 2.29. The van der Waals surface area contributed by atoms with Gasteiger partial charge in [-0.25, -0.2) is 9.59 Å². The Hall–Kier alpha value is -3.83. The van der Waals surface area contributed by atoms with Crippen LogP contribution in [0.5, 0.6) is 11.5 Å². The maximum atomic E-state index is 12.7. The molecule has 0 aliphatic heterocycles. The Labute approximate surface area is 188 Å². The maximum Gasteiger partial charge on any atom is 0.404 e. The summed E-state index contributed by atoms with van der Waals surface area (Å²) in [6.45, 7) is 1.56. The van der Waals surface area contributed by atoms with Crippen molar-refractivity contribution in [1.29, 1.82) is 0 Å². The van der Waals surface area contributed by atoms with Gasteiger partial charge in [-0.15, -0.1) is 0 Å². The molecule has 5 unspecified atom stereocenters. The number of phenols is 2. The van der Waals surface area contributed by atoms with Crippen molar-refractivity contribution in [2.24, 2.45) is 5.73 Å². The lowest BCUT2D eigenvalue weighted by atomic mass is 9.85. The number of rotatable bonds is 5. The first-order chi connectivity index (χ1) is 15.6. The molecule has 0 spiro atoms. The number of nitrogens with two attached hydrogens (primary N) is 1. The van der Waals surface area contributed by atoms with E-state index in [0.717, 1.165) is 0 Å². The molecule has 33 heavy (non-hydrogen) atoms. The molecule has 0 heterocycles. The van der Waals surface area contributed by atoms with E-state index in [1.54, 1.807) is 13.0 Å². The maximum absolute atomic E-state index is 12.7. The lowest BCUT2D eigenvalue weighted by Crippen LogP contribution is -2.62. The number of amides is 2. The van der Waals surface area contributed by atoms with E-state index < -0.39 is 48.4 Å². The molecule has 11 nitrogen and oxygen atoms in total. The number of aromatic hydroxyl groups is 2. The third-order valence-corrected chi connectivity index (χ3v) is 5.34. The summed E-state index contributed by atoms with van der Waals surface area (Å²) >= 11 is 0. The van der Waals surface area contributed by atoms with Crippen LogP contribution in [0.4, 0.5) is 4.79 Å². The summed E-state index contributed by atoms with van der Waals surface area (Å²) in [5.41, 5.74) is 5.44. The van der Waals surface area contributed by atoms with Gasteiger partial charge in [-0.1, -0.05) is 18.2 Å². The zero-order chi connectivity index (χ0) is 24.3. The summed E-state index contributed by atoms with van der Waals surface area (Å²) in [5.74, 6) is -2.18. The number of primary amides is 1. The molecule has 0 aromatic heterocycles. The van der Waals surface area contributed by atoms with Gasteiger partial charge >= 0.3 is 12.1 Å². The molecular weight excluding hydrogens is 436 g/mol. The molecule has 0 saturated heterocycles. The van der Waals surface area contributed by atoms with Crippen LogP contribution in [-0.2, 0) is 9.47 Å². The molecule has 7 N–H and O–H groups in total. The van der Waals surface area contributed by atoms with E-state index in [-0.39, 0.29) is 29.0 Å². The van der Waals surface area contributed by atoms with Crippen molar-refractivity contribution in [3.05, 3.63) is 59.2 Å². The standard InChI is InChI=1S/C22H24N2O9/c1-10-4-2-7-14(26)16(10)21(30)33-19-15(32-22(23)31)9-13(17(27)18(19)28)24-20(29)11-5-3-6-12(25)8-11/h2-8,13,15,17-19,25-28H,9H2,1H3,(H2,23,31)(H,24,29). The number of carbonyl (C=O) groups excluding carboxylic acids is 3. The van der Waals surface area contributed by atoms with Crippen LogP contribution in [0.15, 0.2) is 42.5 Å². The molecular formula is C22H24N2O9. The highest BCUT2D eigenvalue weighted by Gasteiger charge is 2.48. The fourth-order valence-electron chi connectivity index (χ4n) is 3.73. The van der Waals surface area contributed by atoms with Gasteiger partial charge in [0.25, 0.3) is 5.91 Å². The van der Waals surface area contributed by atoms with Crippen LogP contribution in [0.2, 0.25) is 0 Å². The predicted octanol–water partition coefficient (Wildman–Crippen LogP) is 0.320. The van der Waals surface area contributed by atoms with Gasteiger partial charge < -0.3 is 41.0 Å². The first-order valence-electron chi connectivity index (χ1n) is 10.00. The van der Waals surface area contributed by atoms with E-state index in [9.17, 15) is 34.8 Å². The minimum Gasteiger partial charge on any atom is -0.508 e. The molecule has 1 saturated carbocycles. The number of aryl methyl sites for hydroxylation is 1. The summed E-state index contributed by atoms with van der Waals surface area (Å²) in [4.78, 5) is 36.6.